The molecule has 2 N–H and O–H groups in total. The van der Waals surface area contributed by atoms with Gasteiger partial charge in [-0.2, -0.15) is 0 Å². The molecular weight excluding hydrogens is 422 g/mol. The molecular formula is C29H61NO2Si. The maximum Gasteiger partial charge on any atom is 0.137 e. The lowest BCUT2D eigenvalue weighted by Crippen LogP contribution is -2.28. The Kier molecular flexibility index (Phi) is 28.4. The summed E-state index contributed by atoms with van der Waals surface area (Å²) in [5.74, 6) is 0.559. The number of nitrogens with two attached hydrogens (primary N) is 1. The maximum absolute atomic E-state index is 6.15. The Morgan fingerprint density at radius 2 is 0.879 bits per heavy atom. The first-order valence-electron chi connectivity index (χ1n) is 14.9. The molecule has 1 atom stereocenters. The number of hydrogen-bond acceptors (Lipinski definition) is 3. The van der Waals surface area contributed by atoms with Gasteiger partial charge < -0.3 is 15.2 Å². The van der Waals surface area contributed by atoms with Crippen molar-refractivity contribution in [2.75, 3.05) is 19.8 Å². The van der Waals surface area contributed by atoms with E-state index in [-0.39, 0.29) is 5.91 Å². The highest BCUT2D eigenvalue weighted by atomic mass is 28.2. The number of unbranched alkanes of at least 4 members (excludes halogenated alkanes) is 18. The van der Waals surface area contributed by atoms with Gasteiger partial charge in [0.05, 0.1) is 0 Å². The van der Waals surface area contributed by atoms with Gasteiger partial charge in [0.2, 0.25) is 0 Å². The maximum atomic E-state index is 6.15. The van der Waals surface area contributed by atoms with Gasteiger partial charge in [-0.1, -0.05) is 142 Å². The minimum absolute atomic E-state index is 0.00358. The van der Waals surface area contributed by atoms with Gasteiger partial charge in [0.25, 0.3) is 0 Å². The molecule has 0 rings (SSSR count). The number of rotatable bonds is 28. The Balaban J connectivity index is 3.71. The van der Waals surface area contributed by atoms with Crippen LogP contribution in [0.1, 0.15) is 149 Å². The quantitative estimate of drug-likeness (QED) is 0.0686. The topological polar surface area (TPSA) is 44.5 Å². The molecule has 0 spiro atoms. The van der Waals surface area contributed by atoms with E-state index in [2.05, 4.69) is 20.8 Å². The molecule has 0 aliphatic carbocycles. The van der Waals surface area contributed by atoms with Crippen LogP contribution in [0.15, 0.2) is 0 Å². The van der Waals surface area contributed by atoms with Gasteiger partial charge in [-0.15, -0.1) is 0 Å². The second kappa shape index (κ2) is 28.3. The van der Waals surface area contributed by atoms with Gasteiger partial charge in [0.15, 0.2) is 0 Å². The smallest absolute Gasteiger partial charge is 0.137 e. The van der Waals surface area contributed by atoms with Crippen LogP contribution in [-0.2, 0) is 9.47 Å². The van der Waals surface area contributed by atoms with Gasteiger partial charge in [-0.25, -0.2) is 0 Å². The highest BCUT2D eigenvalue weighted by Gasteiger charge is 2.12. The second-order valence-corrected chi connectivity index (χ2v) is 11.5. The van der Waals surface area contributed by atoms with E-state index in [1.165, 1.54) is 128 Å². The van der Waals surface area contributed by atoms with Crippen molar-refractivity contribution >= 4 is 9.52 Å². The van der Waals surface area contributed by atoms with Crippen LogP contribution in [-0.4, -0.2) is 35.2 Å². The van der Waals surface area contributed by atoms with E-state index in [0.29, 0.717) is 15.4 Å². The molecule has 0 heterocycles. The minimum atomic E-state index is -0.00358. The number of hydrogen-bond donors (Lipinski definition) is 1. The summed E-state index contributed by atoms with van der Waals surface area (Å²) in [6.07, 6.45) is 27.3. The molecule has 0 aliphatic heterocycles. The minimum Gasteiger partial charge on any atom is -0.357 e. The molecule has 0 saturated carbocycles. The van der Waals surface area contributed by atoms with E-state index >= 15 is 0 Å². The fourth-order valence-electron chi connectivity index (χ4n) is 4.11. The molecule has 0 aromatic carbocycles. The lowest BCUT2D eigenvalue weighted by atomic mass is 10.1. The van der Waals surface area contributed by atoms with Crippen LogP contribution >= 0.6 is 0 Å². The Morgan fingerprint density at radius 1 is 0.545 bits per heavy atom. The third-order valence-electron chi connectivity index (χ3n) is 6.57. The van der Waals surface area contributed by atoms with E-state index < -0.39 is 0 Å². The molecule has 0 aliphatic rings. The molecule has 2 radical (unpaired) electrons. The van der Waals surface area contributed by atoms with Gasteiger partial charge in [-0.3, -0.25) is 0 Å². The highest BCUT2D eigenvalue weighted by molar-refractivity contribution is 6.36. The summed E-state index contributed by atoms with van der Waals surface area (Å²) < 4.78 is 12.3. The van der Waals surface area contributed by atoms with Crippen molar-refractivity contribution < 1.29 is 9.47 Å². The van der Waals surface area contributed by atoms with Crippen LogP contribution in [0.5, 0.6) is 0 Å². The Bertz CT molecular complexity index is 331. The second-order valence-electron chi connectivity index (χ2n) is 10.2. The Labute approximate surface area is 211 Å². The summed E-state index contributed by atoms with van der Waals surface area (Å²) in [5.41, 5.74) is 5.81. The summed E-state index contributed by atoms with van der Waals surface area (Å²) in [5, 5.41) is 0. The summed E-state index contributed by atoms with van der Waals surface area (Å²) in [6, 6.07) is 1.12. The van der Waals surface area contributed by atoms with Gasteiger partial charge in [0.1, 0.15) is 15.4 Å². The highest BCUT2D eigenvalue weighted by Crippen LogP contribution is 2.13. The molecule has 1 unspecified atom stereocenters. The van der Waals surface area contributed by atoms with Crippen molar-refractivity contribution in [3.8, 4) is 0 Å². The normalized spacial score (nSPS) is 12.6. The van der Waals surface area contributed by atoms with E-state index in [9.17, 15) is 0 Å². The van der Waals surface area contributed by atoms with Crippen LogP contribution in [0.2, 0.25) is 6.04 Å². The van der Waals surface area contributed by atoms with E-state index in [1.54, 1.807) is 0 Å². The third kappa shape index (κ3) is 26.5. The third-order valence-corrected chi connectivity index (χ3v) is 8.17. The Hall–Kier alpha value is 0.0969. The molecule has 0 saturated heterocycles. The first-order chi connectivity index (χ1) is 16.2. The average Bonchev–Trinajstić information content (AvgIpc) is 2.83. The molecule has 4 heteroatoms. The largest absolute Gasteiger partial charge is 0.357 e. The van der Waals surface area contributed by atoms with Crippen molar-refractivity contribution in [3.63, 3.8) is 0 Å². The van der Waals surface area contributed by atoms with Crippen LogP contribution in [0.25, 0.3) is 0 Å². The lowest BCUT2D eigenvalue weighted by molar-refractivity contribution is -0.0927. The molecule has 0 aromatic rings. The van der Waals surface area contributed by atoms with Crippen LogP contribution in [0.4, 0.5) is 0 Å². The zero-order valence-corrected chi connectivity index (χ0v) is 24.0. The molecule has 0 fully saturated rings. The van der Waals surface area contributed by atoms with E-state index in [0.717, 1.165) is 25.8 Å². The Morgan fingerprint density at radius 3 is 1.21 bits per heavy atom. The zero-order chi connectivity index (χ0) is 24.2. The van der Waals surface area contributed by atoms with Crippen molar-refractivity contribution in [1.82, 2.24) is 0 Å². The standard InChI is InChI=1S/C29H61NO2Si/c1-4-6-8-10-12-14-16-18-20-22-24-31-29(33-27-28(3)26-30)32-25-23-21-19-17-15-13-11-9-7-5-2/h28-29H,4-27,30H2,1-3H3. The lowest BCUT2D eigenvalue weighted by Gasteiger charge is -2.19. The van der Waals surface area contributed by atoms with Crippen molar-refractivity contribution in [2.45, 2.75) is 161 Å². The summed E-state index contributed by atoms with van der Waals surface area (Å²) in [7, 11) is 0.709. The fourth-order valence-corrected chi connectivity index (χ4v) is 5.34. The van der Waals surface area contributed by atoms with E-state index in [4.69, 9.17) is 15.2 Å². The SMILES string of the molecule is CCCCCCCCCCCCOC(OCCCCCCCCCCCC)[Si]CC(C)CN. The fraction of sp³-hybridized carbons (Fsp3) is 1.00. The number of ether oxygens (including phenoxy) is 2. The summed E-state index contributed by atoms with van der Waals surface area (Å²) >= 11 is 0. The molecule has 0 aromatic heterocycles. The molecule has 0 bridgehead atoms. The van der Waals surface area contributed by atoms with Crippen LogP contribution in [0.3, 0.4) is 0 Å². The monoisotopic (exact) mass is 483 g/mol. The molecule has 198 valence electrons. The van der Waals surface area contributed by atoms with Gasteiger partial charge in [-0.05, 0) is 25.3 Å². The first kappa shape index (κ1) is 33.1. The summed E-state index contributed by atoms with van der Waals surface area (Å²) in [4.78, 5) is 0. The zero-order valence-electron chi connectivity index (χ0n) is 23.0. The molecule has 33 heavy (non-hydrogen) atoms. The average molecular weight is 484 g/mol. The van der Waals surface area contributed by atoms with Crippen molar-refractivity contribution in [2.24, 2.45) is 11.7 Å². The predicted molar refractivity (Wildman–Crippen MR) is 148 cm³/mol. The predicted octanol–water partition coefficient (Wildman–Crippen LogP) is 8.86. The van der Waals surface area contributed by atoms with E-state index in [1.807, 2.05) is 0 Å². The van der Waals surface area contributed by atoms with Crippen molar-refractivity contribution in [3.05, 3.63) is 0 Å². The van der Waals surface area contributed by atoms with Gasteiger partial charge in [0, 0.05) is 13.2 Å². The summed E-state index contributed by atoms with van der Waals surface area (Å²) in [6.45, 7) is 9.27. The first-order valence-corrected chi connectivity index (χ1v) is 16.2. The van der Waals surface area contributed by atoms with Crippen molar-refractivity contribution in [1.29, 1.82) is 0 Å². The molecule has 3 nitrogen and oxygen atoms in total. The molecule has 0 amide bonds. The van der Waals surface area contributed by atoms with Crippen LogP contribution < -0.4 is 5.73 Å². The van der Waals surface area contributed by atoms with Crippen LogP contribution in [0, 0.1) is 5.92 Å². The van der Waals surface area contributed by atoms with Gasteiger partial charge >= 0.3 is 0 Å².